The molecule has 114 valence electrons. The summed E-state index contributed by atoms with van der Waals surface area (Å²) in [5.41, 5.74) is 2.73. The molecule has 5 heteroatoms. The maximum absolute atomic E-state index is 11.9. The Labute approximate surface area is 129 Å². The molecule has 0 saturated carbocycles. The lowest BCUT2D eigenvalue weighted by Crippen LogP contribution is -2.17. The molecule has 5 nitrogen and oxygen atoms in total. The maximum Gasteiger partial charge on any atom is 0.412 e. The Bertz CT molecular complexity index is 654. The van der Waals surface area contributed by atoms with E-state index in [2.05, 4.69) is 5.32 Å². The number of carbonyl (C=O) groups is 2. The second-order valence-electron chi connectivity index (χ2n) is 4.98. The van der Waals surface area contributed by atoms with Gasteiger partial charge in [0, 0.05) is 19.7 Å². The normalized spacial score (nSPS) is 9.91. The van der Waals surface area contributed by atoms with Gasteiger partial charge >= 0.3 is 6.09 Å². The van der Waals surface area contributed by atoms with Crippen molar-refractivity contribution in [1.82, 2.24) is 0 Å². The molecule has 0 fully saturated rings. The van der Waals surface area contributed by atoms with Crippen molar-refractivity contribution in [1.29, 1.82) is 0 Å². The molecule has 0 spiro atoms. The van der Waals surface area contributed by atoms with Crippen molar-refractivity contribution in [2.75, 3.05) is 24.3 Å². The zero-order valence-electron chi connectivity index (χ0n) is 12.6. The summed E-state index contributed by atoms with van der Waals surface area (Å²) in [4.78, 5) is 24.6. The molecule has 22 heavy (non-hydrogen) atoms. The molecule has 2 rings (SSSR count). The molecule has 0 heterocycles. The second kappa shape index (κ2) is 7.26. The number of carbonyl (C=O) groups excluding carboxylic acids is 2. The van der Waals surface area contributed by atoms with Gasteiger partial charge in [0.2, 0.25) is 0 Å². The highest BCUT2D eigenvalue weighted by Gasteiger charge is 2.10. The summed E-state index contributed by atoms with van der Waals surface area (Å²) in [6.45, 7) is 0.192. The number of aldehydes is 1. The fourth-order valence-electron chi connectivity index (χ4n) is 1.99. The molecule has 0 aliphatic carbocycles. The van der Waals surface area contributed by atoms with Crippen LogP contribution in [0, 0.1) is 0 Å². The molecular formula is C17H18N2O3. The summed E-state index contributed by atoms with van der Waals surface area (Å²) in [5, 5.41) is 2.68. The Kier molecular flexibility index (Phi) is 5.14. The molecule has 0 aromatic heterocycles. The molecular weight excluding hydrogens is 280 g/mol. The average molecular weight is 298 g/mol. The number of rotatable bonds is 5. The second-order valence-corrected chi connectivity index (χ2v) is 4.98. The number of ether oxygens (including phenoxy) is 1. The SMILES string of the molecule is CN(C)c1ccc(C=O)cc1NC(=O)OCc1ccccc1. The minimum atomic E-state index is -0.560. The fourth-order valence-corrected chi connectivity index (χ4v) is 1.99. The molecule has 0 atom stereocenters. The largest absolute Gasteiger partial charge is 0.444 e. The fraction of sp³-hybridized carbons (Fsp3) is 0.176. The number of benzene rings is 2. The standard InChI is InChI=1S/C17H18N2O3/c1-19(2)16-9-8-14(11-20)10-15(16)18-17(21)22-12-13-6-4-3-5-7-13/h3-11H,12H2,1-2H3,(H,18,21). The van der Waals surface area contributed by atoms with Crippen molar-refractivity contribution in [2.45, 2.75) is 6.61 Å². The number of hydrogen-bond donors (Lipinski definition) is 1. The zero-order chi connectivity index (χ0) is 15.9. The van der Waals surface area contributed by atoms with E-state index in [4.69, 9.17) is 4.74 Å². The first kappa shape index (κ1) is 15.6. The van der Waals surface area contributed by atoms with Gasteiger partial charge in [-0.2, -0.15) is 0 Å². The molecule has 0 radical (unpaired) electrons. The van der Waals surface area contributed by atoms with Gasteiger partial charge in [-0.3, -0.25) is 10.1 Å². The highest BCUT2D eigenvalue weighted by molar-refractivity contribution is 5.92. The van der Waals surface area contributed by atoms with Crippen molar-refractivity contribution in [3.63, 3.8) is 0 Å². The Hall–Kier alpha value is -2.82. The first-order chi connectivity index (χ1) is 10.6. The third kappa shape index (κ3) is 4.09. The van der Waals surface area contributed by atoms with Crippen LogP contribution in [0.25, 0.3) is 0 Å². The van der Waals surface area contributed by atoms with Crippen LogP contribution in [0.3, 0.4) is 0 Å². The van der Waals surface area contributed by atoms with Gasteiger partial charge in [0.05, 0.1) is 11.4 Å². The van der Waals surface area contributed by atoms with E-state index in [1.807, 2.05) is 49.3 Å². The van der Waals surface area contributed by atoms with Crippen molar-refractivity contribution >= 4 is 23.8 Å². The molecule has 1 N–H and O–H groups in total. The van der Waals surface area contributed by atoms with Gasteiger partial charge in [0.1, 0.15) is 12.9 Å². The minimum absolute atomic E-state index is 0.192. The van der Waals surface area contributed by atoms with Crippen LogP contribution in [0.5, 0.6) is 0 Å². The summed E-state index contributed by atoms with van der Waals surface area (Å²) in [5.74, 6) is 0. The van der Waals surface area contributed by atoms with Gasteiger partial charge in [-0.25, -0.2) is 4.79 Å². The number of nitrogens with one attached hydrogen (secondary N) is 1. The Morgan fingerprint density at radius 1 is 1.18 bits per heavy atom. The van der Waals surface area contributed by atoms with E-state index in [9.17, 15) is 9.59 Å². The number of nitrogens with zero attached hydrogens (tertiary/aromatic N) is 1. The number of anilines is 2. The minimum Gasteiger partial charge on any atom is -0.444 e. The quantitative estimate of drug-likeness (QED) is 0.860. The Morgan fingerprint density at radius 2 is 1.91 bits per heavy atom. The lowest BCUT2D eigenvalue weighted by atomic mass is 10.2. The molecule has 2 aromatic carbocycles. The molecule has 0 saturated heterocycles. The monoisotopic (exact) mass is 298 g/mol. The lowest BCUT2D eigenvalue weighted by Gasteiger charge is -2.18. The van der Waals surface area contributed by atoms with E-state index < -0.39 is 6.09 Å². The highest BCUT2D eigenvalue weighted by atomic mass is 16.5. The topological polar surface area (TPSA) is 58.6 Å². The van der Waals surface area contributed by atoms with Gasteiger partial charge in [-0.1, -0.05) is 30.3 Å². The van der Waals surface area contributed by atoms with Crippen LogP contribution in [0.4, 0.5) is 16.2 Å². The molecule has 1 amide bonds. The van der Waals surface area contributed by atoms with Crippen LogP contribution in [-0.2, 0) is 11.3 Å². The van der Waals surface area contributed by atoms with E-state index in [1.54, 1.807) is 18.2 Å². The number of hydrogen-bond acceptors (Lipinski definition) is 4. The van der Waals surface area contributed by atoms with E-state index in [-0.39, 0.29) is 6.61 Å². The van der Waals surface area contributed by atoms with Gasteiger partial charge in [0.25, 0.3) is 0 Å². The summed E-state index contributed by atoms with van der Waals surface area (Å²) in [7, 11) is 3.72. The van der Waals surface area contributed by atoms with Crippen molar-refractivity contribution < 1.29 is 14.3 Å². The summed E-state index contributed by atoms with van der Waals surface area (Å²) in [6.07, 6.45) is 0.176. The summed E-state index contributed by atoms with van der Waals surface area (Å²) < 4.78 is 5.18. The molecule has 2 aromatic rings. The lowest BCUT2D eigenvalue weighted by molar-refractivity contribution is 0.112. The van der Waals surface area contributed by atoms with Crippen LogP contribution in [0.2, 0.25) is 0 Å². The predicted molar refractivity (Wildman–Crippen MR) is 86.4 cm³/mol. The highest BCUT2D eigenvalue weighted by Crippen LogP contribution is 2.25. The van der Waals surface area contributed by atoms with Crippen LogP contribution in [0.15, 0.2) is 48.5 Å². The van der Waals surface area contributed by atoms with E-state index in [0.717, 1.165) is 17.5 Å². The maximum atomic E-state index is 11.9. The third-order valence-corrected chi connectivity index (χ3v) is 3.09. The van der Waals surface area contributed by atoms with Gasteiger partial charge in [-0.15, -0.1) is 0 Å². The predicted octanol–water partition coefficient (Wildman–Crippen LogP) is 3.31. The first-order valence-corrected chi connectivity index (χ1v) is 6.84. The zero-order valence-corrected chi connectivity index (χ0v) is 12.6. The molecule has 0 aliphatic rings. The summed E-state index contributed by atoms with van der Waals surface area (Å²) >= 11 is 0. The van der Waals surface area contributed by atoms with Crippen molar-refractivity contribution in [3.8, 4) is 0 Å². The van der Waals surface area contributed by atoms with E-state index in [1.165, 1.54) is 0 Å². The van der Waals surface area contributed by atoms with Crippen LogP contribution in [-0.4, -0.2) is 26.5 Å². The molecule has 0 unspecified atom stereocenters. The molecule has 0 bridgehead atoms. The van der Waals surface area contributed by atoms with Crippen molar-refractivity contribution in [2.24, 2.45) is 0 Å². The van der Waals surface area contributed by atoms with Crippen LogP contribution < -0.4 is 10.2 Å². The third-order valence-electron chi connectivity index (χ3n) is 3.09. The van der Waals surface area contributed by atoms with Crippen molar-refractivity contribution in [3.05, 3.63) is 59.7 Å². The first-order valence-electron chi connectivity index (χ1n) is 6.84. The van der Waals surface area contributed by atoms with E-state index >= 15 is 0 Å². The van der Waals surface area contributed by atoms with Crippen LogP contribution in [0.1, 0.15) is 15.9 Å². The van der Waals surface area contributed by atoms with Crippen LogP contribution >= 0.6 is 0 Å². The van der Waals surface area contributed by atoms with E-state index in [0.29, 0.717) is 11.3 Å². The smallest absolute Gasteiger partial charge is 0.412 e. The summed E-state index contributed by atoms with van der Waals surface area (Å²) in [6, 6.07) is 14.5. The molecule has 0 aliphatic heterocycles. The Morgan fingerprint density at radius 3 is 2.55 bits per heavy atom. The average Bonchev–Trinajstić information content (AvgIpc) is 2.53. The van der Waals surface area contributed by atoms with Gasteiger partial charge in [-0.05, 0) is 23.8 Å². The number of amides is 1. The Balaban J connectivity index is 2.05. The van der Waals surface area contributed by atoms with Gasteiger partial charge < -0.3 is 9.64 Å². The van der Waals surface area contributed by atoms with Gasteiger partial charge in [0.15, 0.2) is 0 Å².